The molecule has 1 saturated carbocycles. The summed E-state index contributed by atoms with van der Waals surface area (Å²) in [5.74, 6) is -2.78. The Hall–Kier alpha value is -3.31. The van der Waals surface area contributed by atoms with E-state index >= 15 is 0 Å². The van der Waals surface area contributed by atoms with E-state index in [2.05, 4.69) is 21.2 Å². The van der Waals surface area contributed by atoms with Gasteiger partial charge in [-0.2, -0.15) is 0 Å². The van der Waals surface area contributed by atoms with Crippen molar-refractivity contribution in [3.05, 3.63) is 100 Å². The molecule has 3 aromatic carbocycles. The number of hydrogen-bond donors (Lipinski definition) is 1. The summed E-state index contributed by atoms with van der Waals surface area (Å²) in [6.07, 6.45) is 6.36. The minimum atomic E-state index is -3.85. The molecule has 0 aromatic heterocycles. The van der Waals surface area contributed by atoms with Crippen molar-refractivity contribution >= 4 is 43.5 Å². The molecule has 0 radical (unpaired) electrons. The molecule has 4 rings (SSSR count). The van der Waals surface area contributed by atoms with E-state index in [0.717, 1.165) is 70.4 Å². The van der Waals surface area contributed by atoms with Gasteiger partial charge in [-0.3, -0.25) is 13.9 Å². The van der Waals surface area contributed by atoms with Gasteiger partial charge in [0.2, 0.25) is 21.8 Å². The smallest absolute Gasteiger partial charge is 0.243 e. The Morgan fingerprint density at radius 1 is 0.932 bits per heavy atom. The third-order valence-electron chi connectivity index (χ3n) is 7.83. The first-order valence-corrected chi connectivity index (χ1v) is 17.5. The van der Waals surface area contributed by atoms with Crippen molar-refractivity contribution in [3.63, 3.8) is 0 Å². The fourth-order valence-electron chi connectivity index (χ4n) is 5.53. The van der Waals surface area contributed by atoms with Gasteiger partial charge in [-0.25, -0.2) is 17.2 Å². The Morgan fingerprint density at radius 2 is 1.61 bits per heavy atom. The summed E-state index contributed by atoms with van der Waals surface area (Å²) in [6, 6.07) is 19.2. The molecular weight excluding hydrogens is 652 g/mol. The number of amides is 2. The Balaban J connectivity index is 1.59. The summed E-state index contributed by atoms with van der Waals surface area (Å²) in [7, 11) is -3.85. The summed E-state index contributed by atoms with van der Waals surface area (Å²) >= 11 is 3.44. The molecule has 0 spiro atoms. The molecular formula is C33H38BrF2N3O4S. The monoisotopic (exact) mass is 689 g/mol. The maximum atomic E-state index is 14.0. The lowest BCUT2D eigenvalue weighted by atomic mass is 9.94. The number of nitrogens with zero attached hydrogens (tertiary/aromatic N) is 2. The van der Waals surface area contributed by atoms with E-state index < -0.39 is 27.7 Å². The van der Waals surface area contributed by atoms with Crippen molar-refractivity contribution in [2.75, 3.05) is 17.1 Å². The van der Waals surface area contributed by atoms with E-state index in [1.165, 1.54) is 6.07 Å². The van der Waals surface area contributed by atoms with Crippen LogP contribution in [0.1, 0.15) is 56.1 Å². The van der Waals surface area contributed by atoms with Crippen molar-refractivity contribution in [1.29, 1.82) is 0 Å². The Kier molecular flexibility index (Phi) is 11.9. The number of carbonyl (C=O) groups excluding carboxylic acids is 2. The molecule has 11 heteroatoms. The Morgan fingerprint density at radius 3 is 2.25 bits per heavy atom. The quantitative estimate of drug-likeness (QED) is 0.226. The van der Waals surface area contributed by atoms with E-state index in [4.69, 9.17) is 0 Å². The van der Waals surface area contributed by atoms with Crippen LogP contribution in [0.3, 0.4) is 0 Å². The topological polar surface area (TPSA) is 86.8 Å². The number of benzene rings is 3. The molecule has 0 saturated heterocycles. The fourth-order valence-corrected chi connectivity index (χ4v) is 6.75. The zero-order valence-corrected chi connectivity index (χ0v) is 27.1. The van der Waals surface area contributed by atoms with Crippen LogP contribution in [0.15, 0.2) is 77.3 Å². The van der Waals surface area contributed by atoms with Crippen LogP contribution >= 0.6 is 15.9 Å². The van der Waals surface area contributed by atoms with Crippen molar-refractivity contribution < 1.29 is 26.8 Å². The molecule has 0 heterocycles. The highest BCUT2D eigenvalue weighted by atomic mass is 79.9. The maximum Gasteiger partial charge on any atom is 0.243 e. The lowest BCUT2D eigenvalue weighted by molar-refractivity contribution is -0.141. The van der Waals surface area contributed by atoms with Crippen LogP contribution in [0.5, 0.6) is 0 Å². The van der Waals surface area contributed by atoms with Gasteiger partial charge in [0.25, 0.3) is 0 Å². The SMILES string of the molecule is CS(=O)(=O)N(CCCC(=O)N(Cc1ccc(Br)cc1)C(Cc1ccccc1)C(=O)NC1CCCCC1)c1ccc(F)c(F)c1. The molecule has 2 amide bonds. The Labute approximate surface area is 266 Å². The van der Waals surface area contributed by atoms with E-state index in [1.54, 1.807) is 4.90 Å². The second-order valence-corrected chi connectivity index (χ2v) is 14.1. The lowest BCUT2D eigenvalue weighted by Gasteiger charge is -2.34. The molecule has 0 aliphatic heterocycles. The van der Waals surface area contributed by atoms with Gasteiger partial charge < -0.3 is 10.2 Å². The van der Waals surface area contributed by atoms with E-state index in [9.17, 15) is 26.8 Å². The summed E-state index contributed by atoms with van der Waals surface area (Å²) in [5, 5.41) is 3.20. The molecule has 1 aliphatic carbocycles. The van der Waals surface area contributed by atoms with Crippen LogP contribution in [0.2, 0.25) is 0 Å². The van der Waals surface area contributed by atoms with E-state index in [1.807, 2.05) is 54.6 Å². The molecule has 1 fully saturated rings. The zero-order chi connectivity index (χ0) is 31.7. The number of nitrogens with one attached hydrogen (secondary N) is 1. The van der Waals surface area contributed by atoms with Crippen LogP contribution in [-0.4, -0.2) is 50.0 Å². The van der Waals surface area contributed by atoms with Gasteiger partial charge in [0, 0.05) is 42.5 Å². The van der Waals surface area contributed by atoms with Crippen molar-refractivity contribution in [2.24, 2.45) is 0 Å². The lowest BCUT2D eigenvalue weighted by Crippen LogP contribution is -2.52. The van der Waals surface area contributed by atoms with Crippen LogP contribution in [-0.2, 0) is 32.6 Å². The summed E-state index contributed by atoms with van der Waals surface area (Å²) in [6.45, 7) is 0.0556. The van der Waals surface area contributed by atoms with Crippen LogP contribution < -0.4 is 9.62 Å². The average Bonchev–Trinajstić information content (AvgIpc) is 3.00. The first kappa shape index (κ1) is 33.6. The van der Waals surface area contributed by atoms with Crippen molar-refractivity contribution in [1.82, 2.24) is 10.2 Å². The van der Waals surface area contributed by atoms with Gasteiger partial charge in [-0.1, -0.05) is 77.7 Å². The molecule has 44 heavy (non-hydrogen) atoms. The number of anilines is 1. The summed E-state index contributed by atoms with van der Waals surface area (Å²) < 4.78 is 54.4. The molecule has 7 nitrogen and oxygen atoms in total. The van der Waals surface area contributed by atoms with Gasteiger partial charge in [0.15, 0.2) is 11.6 Å². The second-order valence-electron chi connectivity index (χ2n) is 11.2. The predicted octanol–water partition coefficient (Wildman–Crippen LogP) is 6.36. The number of sulfonamides is 1. The minimum absolute atomic E-state index is 0.0284. The predicted molar refractivity (Wildman–Crippen MR) is 171 cm³/mol. The van der Waals surface area contributed by atoms with Gasteiger partial charge in [0.1, 0.15) is 6.04 Å². The third-order valence-corrected chi connectivity index (χ3v) is 9.55. The number of hydrogen-bond acceptors (Lipinski definition) is 4. The Bertz CT molecular complexity index is 1520. The van der Waals surface area contributed by atoms with Crippen molar-refractivity contribution in [3.8, 4) is 0 Å². The van der Waals surface area contributed by atoms with Crippen LogP contribution in [0.4, 0.5) is 14.5 Å². The van der Waals surface area contributed by atoms with Gasteiger partial charge in [-0.05, 0) is 54.7 Å². The number of carbonyl (C=O) groups is 2. The third kappa shape index (κ3) is 9.59. The molecule has 0 bridgehead atoms. The maximum absolute atomic E-state index is 14.0. The molecule has 1 aliphatic rings. The highest BCUT2D eigenvalue weighted by Gasteiger charge is 2.32. The first-order chi connectivity index (χ1) is 21.0. The standard InChI is InChI=1S/C33H38BrF2N3O4S/c1-44(42,43)39(28-18-19-29(35)30(36)22-28)20-8-13-32(40)38(23-25-14-16-26(34)17-15-25)31(21-24-9-4-2-5-10-24)33(41)37-27-11-6-3-7-12-27/h2,4-5,9-10,14-19,22,27,31H,3,6-8,11-13,20-21,23H2,1H3,(H,37,41). The number of halogens is 3. The van der Waals surface area contributed by atoms with Crippen LogP contribution in [0, 0.1) is 11.6 Å². The highest BCUT2D eigenvalue weighted by molar-refractivity contribution is 9.10. The molecule has 1 unspecified atom stereocenters. The van der Waals surface area contributed by atoms with Crippen LogP contribution in [0.25, 0.3) is 0 Å². The average molecular weight is 691 g/mol. The largest absolute Gasteiger partial charge is 0.352 e. The molecule has 1 atom stereocenters. The number of rotatable bonds is 13. The molecule has 3 aromatic rings. The molecule has 236 valence electrons. The molecule has 1 N–H and O–H groups in total. The van der Waals surface area contributed by atoms with Gasteiger partial charge >= 0.3 is 0 Å². The van der Waals surface area contributed by atoms with Gasteiger partial charge in [-0.15, -0.1) is 0 Å². The minimum Gasteiger partial charge on any atom is -0.352 e. The van der Waals surface area contributed by atoms with Crippen molar-refractivity contribution in [2.45, 2.75) is 70.0 Å². The summed E-state index contributed by atoms with van der Waals surface area (Å²) in [4.78, 5) is 29.4. The normalized spacial score (nSPS) is 14.5. The van der Waals surface area contributed by atoms with E-state index in [0.29, 0.717) is 6.42 Å². The second kappa shape index (κ2) is 15.6. The van der Waals surface area contributed by atoms with Gasteiger partial charge in [0.05, 0.1) is 11.9 Å². The highest BCUT2D eigenvalue weighted by Crippen LogP contribution is 2.23. The fraction of sp³-hybridized carbons (Fsp3) is 0.394. The first-order valence-electron chi connectivity index (χ1n) is 14.8. The zero-order valence-electron chi connectivity index (χ0n) is 24.7. The summed E-state index contributed by atoms with van der Waals surface area (Å²) in [5.41, 5.74) is 1.72. The van der Waals surface area contributed by atoms with E-state index in [-0.39, 0.29) is 49.5 Å².